The lowest BCUT2D eigenvalue weighted by molar-refractivity contribution is -0.141. The van der Waals surface area contributed by atoms with Crippen LogP contribution in [-0.2, 0) is 17.6 Å². The molecule has 2 aliphatic rings. The van der Waals surface area contributed by atoms with Crippen LogP contribution in [0.1, 0.15) is 67.2 Å². The molecule has 1 atom stereocenters. The molecule has 0 spiro atoms. The first kappa shape index (κ1) is 20.4. The maximum atomic E-state index is 11.8. The fraction of sp³-hybridized carbons (Fsp3) is 0.385. The van der Waals surface area contributed by atoms with Crippen LogP contribution in [0.4, 0.5) is 0 Å². The molecule has 4 heteroatoms. The molecule has 1 unspecified atom stereocenters. The van der Waals surface area contributed by atoms with Gasteiger partial charge in [0.1, 0.15) is 0 Å². The highest BCUT2D eigenvalue weighted by molar-refractivity contribution is 6.02. The van der Waals surface area contributed by atoms with Crippen molar-refractivity contribution in [2.45, 2.75) is 57.8 Å². The third-order valence-electron chi connectivity index (χ3n) is 6.52. The van der Waals surface area contributed by atoms with Crippen molar-refractivity contribution in [2.75, 3.05) is 0 Å². The first-order valence-electron chi connectivity index (χ1n) is 11.0. The smallest absolute Gasteiger partial charge is 0.306 e. The lowest BCUT2D eigenvalue weighted by Gasteiger charge is -2.15. The molecular weight excluding hydrogens is 374 g/mol. The minimum atomic E-state index is -0.831. The van der Waals surface area contributed by atoms with E-state index in [0.717, 1.165) is 31.2 Å². The first-order chi connectivity index (χ1) is 14.7. The Bertz CT molecular complexity index is 975. The van der Waals surface area contributed by atoms with Crippen LogP contribution in [0.5, 0.6) is 0 Å². The van der Waals surface area contributed by atoms with E-state index in [2.05, 4.69) is 29.4 Å². The Morgan fingerprint density at radius 1 is 1.07 bits per heavy atom. The molecule has 0 fully saturated rings. The van der Waals surface area contributed by atoms with Crippen LogP contribution in [0.3, 0.4) is 0 Å². The van der Waals surface area contributed by atoms with Gasteiger partial charge in [0.15, 0.2) is 0 Å². The standard InChI is InChI=1S/C26H29NO3/c28-26(29)21(11-6-9-18-7-2-1-3-8-18)17-25(27-30)20-13-14-24-22(16-20)15-19-10-4-5-12-23(19)24/h1-3,7-8,13-14,16,21,30H,4-6,9-12,15,17H2,(H,28,29)/b27-25-. The van der Waals surface area contributed by atoms with Crippen LogP contribution >= 0.6 is 0 Å². The van der Waals surface area contributed by atoms with Crippen LogP contribution in [0.15, 0.2) is 59.3 Å². The highest BCUT2D eigenvalue weighted by atomic mass is 16.4. The van der Waals surface area contributed by atoms with E-state index in [1.807, 2.05) is 24.3 Å². The van der Waals surface area contributed by atoms with Gasteiger partial charge in [0.25, 0.3) is 0 Å². The van der Waals surface area contributed by atoms with Gasteiger partial charge in [-0.05, 0) is 85.3 Å². The predicted octanol–water partition coefficient (Wildman–Crippen LogP) is 5.86. The van der Waals surface area contributed by atoms with Gasteiger partial charge in [0.2, 0.25) is 0 Å². The number of oxime groups is 1. The Hall–Kier alpha value is -2.88. The normalized spacial score (nSPS) is 16.9. The van der Waals surface area contributed by atoms with Gasteiger partial charge >= 0.3 is 5.97 Å². The van der Waals surface area contributed by atoms with Gasteiger partial charge in [0.05, 0.1) is 11.6 Å². The number of carbonyl (C=O) groups is 1. The van der Waals surface area contributed by atoms with Crippen molar-refractivity contribution in [3.05, 3.63) is 76.4 Å². The van der Waals surface area contributed by atoms with E-state index in [0.29, 0.717) is 12.1 Å². The maximum absolute atomic E-state index is 11.8. The lowest BCUT2D eigenvalue weighted by Crippen LogP contribution is -2.19. The second-order valence-corrected chi connectivity index (χ2v) is 8.50. The Morgan fingerprint density at radius 3 is 2.63 bits per heavy atom. The van der Waals surface area contributed by atoms with Gasteiger partial charge in [-0.15, -0.1) is 0 Å². The summed E-state index contributed by atoms with van der Waals surface area (Å²) in [4.78, 5) is 11.8. The van der Waals surface area contributed by atoms with Crippen LogP contribution in [0.25, 0.3) is 5.57 Å². The van der Waals surface area contributed by atoms with Crippen molar-refractivity contribution in [2.24, 2.45) is 11.1 Å². The minimum Gasteiger partial charge on any atom is -0.481 e. The zero-order valence-corrected chi connectivity index (χ0v) is 17.3. The number of aryl methyl sites for hydroxylation is 1. The summed E-state index contributed by atoms with van der Waals surface area (Å²) in [6.07, 6.45) is 8.30. The molecule has 30 heavy (non-hydrogen) atoms. The van der Waals surface area contributed by atoms with E-state index in [-0.39, 0.29) is 6.42 Å². The molecule has 0 aromatic heterocycles. The fourth-order valence-electron chi connectivity index (χ4n) is 4.89. The number of rotatable bonds is 8. The molecule has 2 aliphatic carbocycles. The summed E-state index contributed by atoms with van der Waals surface area (Å²) < 4.78 is 0. The number of fused-ring (bicyclic) bond motifs is 2. The molecule has 4 rings (SSSR count). The second kappa shape index (κ2) is 9.29. The number of nitrogens with zero attached hydrogens (tertiary/aromatic N) is 1. The number of hydrogen-bond donors (Lipinski definition) is 2. The van der Waals surface area contributed by atoms with Gasteiger partial charge in [-0.1, -0.05) is 53.2 Å². The summed E-state index contributed by atoms with van der Waals surface area (Å²) in [5.74, 6) is -1.39. The number of aliphatic carboxylic acids is 1. The van der Waals surface area contributed by atoms with Crippen molar-refractivity contribution >= 4 is 17.3 Å². The zero-order valence-electron chi connectivity index (χ0n) is 17.3. The number of allylic oxidation sites excluding steroid dienone is 2. The summed E-state index contributed by atoms with van der Waals surface area (Å²) in [7, 11) is 0. The molecule has 2 aromatic rings. The van der Waals surface area contributed by atoms with Crippen LogP contribution in [-0.4, -0.2) is 22.0 Å². The molecule has 0 saturated carbocycles. The summed E-state index contributed by atoms with van der Waals surface area (Å²) in [6.45, 7) is 0. The van der Waals surface area contributed by atoms with E-state index < -0.39 is 11.9 Å². The minimum absolute atomic E-state index is 0.243. The number of carboxylic acids is 1. The topological polar surface area (TPSA) is 69.9 Å². The third kappa shape index (κ3) is 4.48. The van der Waals surface area contributed by atoms with E-state index in [1.54, 1.807) is 5.57 Å². The number of hydrogen-bond acceptors (Lipinski definition) is 3. The summed E-state index contributed by atoms with van der Waals surface area (Å²) in [6, 6.07) is 16.3. The van der Waals surface area contributed by atoms with Gasteiger partial charge in [-0.2, -0.15) is 0 Å². The largest absolute Gasteiger partial charge is 0.481 e. The SMILES string of the molecule is O=C(O)C(CCCc1ccccc1)C/C(=N/O)c1ccc2c(c1)CC1=C2CCCC1. The van der Waals surface area contributed by atoms with E-state index in [1.165, 1.54) is 41.5 Å². The van der Waals surface area contributed by atoms with E-state index in [9.17, 15) is 15.1 Å². The maximum Gasteiger partial charge on any atom is 0.306 e. The summed E-state index contributed by atoms with van der Waals surface area (Å²) >= 11 is 0. The fourth-order valence-corrected chi connectivity index (χ4v) is 4.89. The monoisotopic (exact) mass is 403 g/mol. The van der Waals surface area contributed by atoms with Gasteiger partial charge in [0, 0.05) is 6.42 Å². The van der Waals surface area contributed by atoms with Crippen LogP contribution in [0.2, 0.25) is 0 Å². The lowest BCUT2D eigenvalue weighted by atomic mass is 9.90. The highest BCUT2D eigenvalue weighted by Crippen LogP contribution is 2.41. The highest BCUT2D eigenvalue weighted by Gasteiger charge is 2.26. The average Bonchev–Trinajstić information content (AvgIpc) is 3.14. The average molecular weight is 404 g/mol. The van der Waals surface area contributed by atoms with E-state index >= 15 is 0 Å². The summed E-state index contributed by atoms with van der Waals surface area (Å²) in [5, 5.41) is 22.9. The van der Waals surface area contributed by atoms with Crippen LogP contribution < -0.4 is 0 Å². The van der Waals surface area contributed by atoms with Gasteiger partial charge in [-0.25, -0.2) is 0 Å². The molecule has 0 radical (unpaired) electrons. The Morgan fingerprint density at radius 2 is 1.87 bits per heavy atom. The molecule has 156 valence electrons. The quantitative estimate of drug-likeness (QED) is 0.329. The molecule has 0 bridgehead atoms. The van der Waals surface area contributed by atoms with Crippen LogP contribution in [0, 0.1) is 5.92 Å². The molecule has 0 saturated heterocycles. The van der Waals surface area contributed by atoms with Gasteiger partial charge in [-0.3, -0.25) is 4.79 Å². The van der Waals surface area contributed by atoms with Crippen molar-refractivity contribution in [3.63, 3.8) is 0 Å². The molecule has 2 N–H and O–H groups in total. The second-order valence-electron chi connectivity index (χ2n) is 8.50. The number of benzene rings is 2. The molecule has 4 nitrogen and oxygen atoms in total. The molecule has 2 aromatic carbocycles. The van der Waals surface area contributed by atoms with Crippen molar-refractivity contribution in [3.8, 4) is 0 Å². The molecule has 0 aliphatic heterocycles. The molecule has 0 heterocycles. The van der Waals surface area contributed by atoms with Crippen molar-refractivity contribution < 1.29 is 15.1 Å². The third-order valence-corrected chi connectivity index (χ3v) is 6.52. The van der Waals surface area contributed by atoms with E-state index in [4.69, 9.17) is 0 Å². The number of carboxylic acid groups (broad SMARTS) is 1. The molecule has 0 amide bonds. The van der Waals surface area contributed by atoms with Crippen molar-refractivity contribution in [1.82, 2.24) is 0 Å². The van der Waals surface area contributed by atoms with Crippen molar-refractivity contribution in [1.29, 1.82) is 0 Å². The zero-order chi connectivity index (χ0) is 20.9. The molecular formula is C26H29NO3. The Balaban J connectivity index is 1.42. The summed E-state index contributed by atoms with van der Waals surface area (Å²) in [5.41, 5.74) is 8.21. The van der Waals surface area contributed by atoms with Gasteiger partial charge < -0.3 is 10.3 Å². The Labute approximate surface area is 177 Å². The predicted molar refractivity (Wildman–Crippen MR) is 119 cm³/mol. The first-order valence-corrected chi connectivity index (χ1v) is 11.0. The Kier molecular flexibility index (Phi) is 6.32.